The number of nitrogens with zero attached hydrogens (tertiary/aromatic N) is 5. The monoisotopic (exact) mass is 537 g/mol. The normalized spacial score (nSPS) is 11.8. The van der Waals surface area contributed by atoms with Crippen LogP contribution in [0.15, 0.2) is 140 Å². The van der Waals surface area contributed by atoms with Crippen LogP contribution in [0.3, 0.4) is 0 Å². The highest BCUT2D eigenvalue weighted by atomic mass is 15.1. The number of hydrogen-bond acceptors (Lipinski definition) is 3. The number of benzene rings is 5. The molecule has 0 aliphatic carbocycles. The molecule has 0 spiro atoms. The van der Waals surface area contributed by atoms with E-state index in [0.717, 1.165) is 28.1 Å². The SMILES string of the molecule is c1ccc(-n2c3ccccc3c3cc4cc5c6ccccc6n(-c6ccnc(-c7cccnc7)n6)c5cc4cc32)cc1. The van der Waals surface area contributed by atoms with Crippen molar-refractivity contribution in [3.63, 3.8) is 0 Å². The van der Waals surface area contributed by atoms with E-state index in [-0.39, 0.29) is 0 Å². The van der Waals surface area contributed by atoms with Crippen molar-refractivity contribution in [2.45, 2.75) is 0 Å². The molecule has 5 nitrogen and oxygen atoms in total. The molecule has 9 aromatic rings. The van der Waals surface area contributed by atoms with E-state index < -0.39 is 0 Å². The number of aromatic nitrogens is 5. The van der Waals surface area contributed by atoms with E-state index >= 15 is 0 Å². The quantitative estimate of drug-likeness (QED) is 0.226. The Balaban J connectivity index is 1.36. The van der Waals surface area contributed by atoms with Gasteiger partial charge >= 0.3 is 0 Å². The molecule has 4 heterocycles. The van der Waals surface area contributed by atoms with Crippen molar-refractivity contribution in [3.05, 3.63) is 140 Å². The van der Waals surface area contributed by atoms with Gasteiger partial charge in [-0.15, -0.1) is 0 Å². The van der Waals surface area contributed by atoms with E-state index in [1.54, 1.807) is 12.4 Å². The van der Waals surface area contributed by atoms with Crippen molar-refractivity contribution in [2.24, 2.45) is 0 Å². The molecule has 0 aliphatic rings. The molecular formula is C37H23N5. The molecule has 0 bridgehead atoms. The third-order valence-corrected chi connectivity index (χ3v) is 8.23. The first-order valence-corrected chi connectivity index (χ1v) is 14.0. The number of hydrogen-bond donors (Lipinski definition) is 0. The van der Waals surface area contributed by atoms with E-state index in [1.807, 2.05) is 24.4 Å². The van der Waals surface area contributed by atoms with Gasteiger partial charge in [0.2, 0.25) is 0 Å². The van der Waals surface area contributed by atoms with Gasteiger partial charge in [0.25, 0.3) is 0 Å². The maximum absolute atomic E-state index is 5.01. The maximum Gasteiger partial charge on any atom is 0.163 e. The highest BCUT2D eigenvalue weighted by Crippen LogP contribution is 2.39. The molecule has 9 rings (SSSR count). The average Bonchev–Trinajstić information content (AvgIpc) is 3.55. The van der Waals surface area contributed by atoms with Crippen LogP contribution in [-0.2, 0) is 0 Å². The van der Waals surface area contributed by atoms with Gasteiger partial charge < -0.3 is 4.57 Å². The minimum atomic E-state index is 0.654. The van der Waals surface area contributed by atoms with Crippen LogP contribution in [0.4, 0.5) is 0 Å². The van der Waals surface area contributed by atoms with Crippen LogP contribution in [0.2, 0.25) is 0 Å². The second-order valence-corrected chi connectivity index (χ2v) is 10.6. The zero-order valence-corrected chi connectivity index (χ0v) is 22.5. The van der Waals surface area contributed by atoms with Gasteiger partial charge in [-0.25, -0.2) is 9.97 Å². The van der Waals surface area contributed by atoms with Crippen LogP contribution in [0.25, 0.3) is 77.3 Å². The highest BCUT2D eigenvalue weighted by Gasteiger charge is 2.17. The molecule has 0 unspecified atom stereocenters. The second kappa shape index (κ2) is 8.85. The van der Waals surface area contributed by atoms with Crippen LogP contribution in [0, 0.1) is 0 Å². The van der Waals surface area contributed by atoms with Crippen molar-refractivity contribution in [1.29, 1.82) is 0 Å². The van der Waals surface area contributed by atoms with Gasteiger partial charge in [-0.05, 0) is 77.5 Å². The molecule has 196 valence electrons. The minimum absolute atomic E-state index is 0.654. The van der Waals surface area contributed by atoms with Crippen LogP contribution in [0.1, 0.15) is 0 Å². The van der Waals surface area contributed by atoms with Gasteiger partial charge in [-0.2, -0.15) is 0 Å². The van der Waals surface area contributed by atoms with Gasteiger partial charge in [0.15, 0.2) is 5.82 Å². The third-order valence-electron chi connectivity index (χ3n) is 8.23. The predicted octanol–water partition coefficient (Wildman–Crippen LogP) is 8.89. The standard InChI is InChI=1S/C37H23N5/c1-2-10-27(11-3-1)41-32-14-6-4-12-28(32)30-19-25-20-31-29-13-5-7-15-33(29)42(35(31)22-26(25)21-34(30)41)36-16-18-39-37(40-36)24-9-8-17-38-23-24/h1-23H. The number of fused-ring (bicyclic) bond motifs is 7. The maximum atomic E-state index is 5.01. The van der Waals surface area contributed by atoms with E-state index in [9.17, 15) is 0 Å². The molecule has 0 N–H and O–H groups in total. The van der Waals surface area contributed by atoms with Gasteiger partial charge in [0, 0.05) is 51.4 Å². The summed E-state index contributed by atoms with van der Waals surface area (Å²) in [4.78, 5) is 13.8. The zero-order chi connectivity index (χ0) is 27.6. The van der Waals surface area contributed by atoms with E-state index in [0.29, 0.717) is 5.82 Å². The molecule has 0 saturated carbocycles. The van der Waals surface area contributed by atoms with Crippen molar-refractivity contribution < 1.29 is 0 Å². The van der Waals surface area contributed by atoms with Crippen LogP contribution >= 0.6 is 0 Å². The van der Waals surface area contributed by atoms with Gasteiger partial charge in [0.1, 0.15) is 5.82 Å². The Kier molecular flexibility index (Phi) is 4.83. The van der Waals surface area contributed by atoms with Gasteiger partial charge in [-0.1, -0.05) is 54.6 Å². The lowest BCUT2D eigenvalue weighted by Gasteiger charge is -2.10. The summed E-state index contributed by atoms with van der Waals surface area (Å²) >= 11 is 0. The number of rotatable bonds is 3. The lowest BCUT2D eigenvalue weighted by Crippen LogP contribution is -2.00. The number of para-hydroxylation sites is 3. The van der Waals surface area contributed by atoms with E-state index in [2.05, 4.69) is 122 Å². The van der Waals surface area contributed by atoms with Crippen molar-refractivity contribution in [1.82, 2.24) is 24.1 Å². The van der Waals surface area contributed by atoms with Crippen LogP contribution < -0.4 is 0 Å². The predicted molar refractivity (Wildman–Crippen MR) is 171 cm³/mol. The van der Waals surface area contributed by atoms with Crippen molar-refractivity contribution in [3.8, 4) is 22.9 Å². The Labute approximate surface area is 241 Å². The Morgan fingerprint density at radius 2 is 1.12 bits per heavy atom. The lowest BCUT2D eigenvalue weighted by molar-refractivity contribution is 1.04. The lowest BCUT2D eigenvalue weighted by atomic mass is 10.0. The summed E-state index contributed by atoms with van der Waals surface area (Å²) in [5.41, 5.74) is 6.67. The largest absolute Gasteiger partial charge is 0.309 e. The second-order valence-electron chi connectivity index (χ2n) is 10.6. The summed E-state index contributed by atoms with van der Waals surface area (Å²) in [6, 6.07) is 43.0. The van der Waals surface area contributed by atoms with Crippen LogP contribution in [0.5, 0.6) is 0 Å². The smallest absolute Gasteiger partial charge is 0.163 e. The molecule has 5 heteroatoms. The Morgan fingerprint density at radius 1 is 0.476 bits per heavy atom. The van der Waals surface area contributed by atoms with E-state index in [1.165, 1.54) is 43.4 Å². The first-order chi connectivity index (χ1) is 20.8. The van der Waals surface area contributed by atoms with Gasteiger partial charge in [0.05, 0.1) is 22.1 Å². The summed E-state index contributed by atoms with van der Waals surface area (Å²) in [7, 11) is 0. The summed E-state index contributed by atoms with van der Waals surface area (Å²) in [6.45, 7) is 0. The highest BCUT2D eigenvalue weighted by molar-refractivity contribution is 6.18. The van der Waals surface area contributed by atoms with E-state index in [4.69, 9.17) is 4.98 Å². The molecule has 0 aliphatic heterocycles. The minimum Gasteiger partial charge on any atom is -0.309 e. The topological polar surface area (TPSA) is 48.5 Å². The summed E-state index contributed by atoms with van der Waals surface area (Å²) < 4.78 is 4.62. The summed E-state index contributed by atoms with van der Waals surface area (Å²) in [5.74, 6) is 1.48. The first-order valence-electron chi connectivity index (χ1n) is 14.0. The molecule has 0 atom stereocenters. The Morgan fingerprint density at radius 3 is 1.83 bits per heavy atom. The molecule has 0 fully saturated rings. The average molecular weight is 538 g/mol. The zero-order valence-electron chi connectivity index (χ0n) is 22.5. The fourth-order valence-electron chi connectivity index (χ4n) is 6.39. The molecule has 4 aromatic heterocycles. The molecule has 42 heavy (non-hydrogen) atoms. The molecule has 0 amide bonds. The molecule has 0 radical (unpaired) electrons. The van der Waals surface area contributed by atoms with Gasteiger partial charge in [-0.3, -0.25) is 9.55 Å². The van der Waals surface area contributed by atoms with Crippen LogP contribution in [-0.4, -0.2) is 24.1 Å². The molecule has 5 aromatic carbocycles. The van der Waals surface area contributed by atoms with Crippen molar-refractivity contribution in [2.75, 3.05) is 0 Å². The third kappa shape index (κ3) is 3.34. The fraction of sp³-hybridized carbons (Fsp3) is 0. The molecule has 0 saturated heterocycles. The van der Waals surface area contributed by atoms with Crippen molar-refractivity contribution >= 4 is 54.4 Å². The fourth-order valence-corrected chi connectivity index (χ4v) is 6.39. The molecular weight excluding hydrogens is 514 g/mol. The number of pyridine rings is 1. The first kappa shape index (κ1) is 22.9. The summed E-state index contributed by atoms with van der Waals surface area (Å²) in [5, 5.41) is 7.30. The Bertz CT molecular complexity index is 2450. The Hall–Kier alpha value is -5.81. The summed E-state index contributed by atoms with van der Waals surface area (Å²) in [6.07, 6.45) is 5.39.